The number of carbonyl (C=O) groups excluding carboxylic acids is 2. The molecule has 0 saturated heterocycles. The van der Waals surface area contributed by atoms with Crippen molar-refractivity contribution >= 4 is 46.2 Å². The molecule has 8 N–H and O–H groups in total. The van der Waals surface area contributed by atoms with Crippen molar-refractivity contribution in [2.75, 3.05) is 71.4 Å². The van der Waals surface area contributed by atoms with Gasteiger partial charge in [-0.25, -0.2) is 19.9 Å². The minimum atomic E-state index is -0.579. The maximum absolute atomic E-state index is 14.5. The van der Waals surface area contributed by atoms with E-state index in [9.17, 15) is 9.59 Å². The molecular formula is C47H46N14O4. The first kappa shape index (κ1) is 42.1. The molecule has 0 radical (unpaired) electrons. The highest BCUT2D eigenvalue weighted by Crippen LogP contribution is 2.35. The van der Waals surface area contributed by atoms with Crippen LogP contribution in [-0.4, -0.2) is 93.8 Å². The number of hydrogen-bond donors (Lipinski definition) is 6. The lowest BCUT2D eigenvalue weighted by Crippen LogP contribution is -2.44. The Bertz CT molecular complexity index is 2830. The van der Waals surface area contributed by atoms with Crippen LogP contribution < -0.4 is 52.0 Å². The Morgan fingerprint density at radius 2 is 1.31 bits per heavy atom. The Labute approximate surface area is 374 Å². The minimum absolute atomic E-state index is 0.0121. The van der Waals surface area contributed by atoms with Crippen LogP contribution in [0.3, 0.4) is 0 Å². The summed E-state index contributed by atoms with van der Waals surface area (Å²) < 4.78 is 13.4. The molecule has 6 heterocycles. The largest absolute Gasteiger partial charge is 0.487 e. The molecule has 0 saturated carbocycles. The molecule has 18 heteroatoms. The molecule has 0 spiro atoms. The van der Waals surface area contributed by atoms with Crippen LogP contribution in [0.15, 0.2) is 128 Å². The monoisotopic (exact) mass is 870 g/mol. The van der Waals surface area contributed by atoms with Gasteiger partial charge in [-0.05, 0) is 42.0 Å². The van der Waals surface area contributed by atoms with Crippen LogP contribution in [0, 0.1) is 0 Å². The van der Waals surface area contributed by atoms with Gasteiger partial charge in [0.05, 0.1) is 78.7 Å². The molecule has 65 heavy (non-hydrogen) atoms. The van der Waals surface area contributed by atoms with E-state index in [0.29, 0.717) is 76.4 Å². The van der Waals surface area contributed by atoms with E-state index in [0.717, 1.165) is 5.56 Å². The highest BCUT2D eigenvalue weighted by atomic mass is 16.5. The smallest absolute Gasteiger partial charge is 0.278 e. The zero-order valence-electron chi connectivity index (χ0n) is 35.4. The number of ether oxygens (including phenoxy) is 2. The number of anilines is 6. The number of pyridine rings is 2. The van der Waals surface area contributed by atoms with E-state index < -0.39 is 24.0 Å². The zero-order chi connectivity index (χ0) is 44.7. The second-order valence-corrected chi connectivity index (χ2v) is 15.4. The van der Waals surface area contributed by atoms with Gasteiger partial charge in [0.1, 0.15) is 23.7 Å². The Hall–Kier alpha value is -8.22. The lowest BCUT2D eigenvalue weighted by Gasteiger charge is -2.32. The van der Waals surface area contributed by atoms with Crippen molar-refractivity contribution in [2.45, 2.75) is 18.8 Å². The first-order valence-corrected chi connectivity index (χ1v) is 21.0. The molecule has 2 aliphatic heterocycles. The van der Waals surface area contributed by atoms with E-state index >= 15 is 0 Å². The summed E-state index contributed by atoms with van der Waals surface area (Å²) in [5, 5.41) is 13.0. The van der Waals surface area contributed by atoms with Gasteiger partial charge in [0.2, 0.25) is 0 Å². The van der Waals surface area contributed by atoms with Crippen molar-refractivity contribution in [1.82, 2.24) is 35.2 Å². The first-order chi connectivity index (χ1) is 31.8. The molecule has 3 aromatic carbocycles. The molecule has 9 rings (SSSR count). The van der Waals surface area contributed by atoms with Crippen LogP contribution in [0.2, 0.25) is 0 Å². The van der Waals surface area contributed by atoms with Crippen molar-refractivity contribution in [3.05, 3.63) is 145 Å². The maximum atomic E-state index is 14.5. The number of benzene rings is 3. The third-order valence-electron chi connectivity index (χ3n) is 10.9. The summed E-state index contributed by atoms with van der Waals surface area (Å²) in [7, 11) is 1.90. The molecule has 2 amide bonds. The van der Waals surface area contributed by atoms with Gasteiger partial charge in [0, 0.05) is 50.2 Å². The van der Waals surface area contributed by atoms with Crippen LogP contribution >= 0.6 is 0 Å². The number of carbonyl (C=O) groups is 2. The number of nitrogens with one attached hydrogen (secondary N) is 4. The standard InChI is InChI=1S/C47H46N14O4/c1-60-26-30(19-48)64-40-13-7-5-12-33(40)35-25-54-45(43(57-35)47(63)58-36-22-50-17-15-38(36)60)55-28-61-27-31(21-52-20-29-9-3-2-4-10-29)65-41-14-8-6-11-32(41)34-24-53-44(49)42(56-34)46(62)59-37-23-51-18-16-39(37)61/h2-18,22-25,30-31,52H,19-21,26-28,48H2,1H3,(H2,49,53)(H,54,55)(H,58,63)(H,59,62)/t30-,31-/m1/s1. The van der Waals surface area contributed by atoms with Gasteiger partial charge in [0.25, 0.3) is 11.8 Å². The van der Waals surface area contributed by atoms with Crippen molar-refractivity contribution in [2.24, 2.45) is 5.73 Å². The predicted molar refractivity (Wildman–Crippen MR) is 249 cm³/mol. The van der Waals surface area contributed by atoms with Crippen molar-refractivity contribution < 1.29 is 19.1 Å². The number of nitrogens with two attached hydrogens (primary N) is 2. The van der Waals surface area contributed by atoms with Crippen molar-refractivity contribution in [1.29, 1.82) is 0 Å². The summed E-state index contributed by atoms with van der Waals surface area (Å²) in [6.45, 7) is 1.96. The average Bonchev–Trinajstić information content (AvgIpc) is 3.34. The highest BCUT2D eigenvalue weighted by molar-refractivity contribution is 6.08. The molecule has 0 aliphatic carbocycles. The van der Waals surface area contributed by atoms with Gasteiger partial charge in [-0.3, -0.25) is 19.6 Å². The number of hydrogen-bond acceptors (Lipinski definition) is 16. The molecule has 0 fully saturated rings. The number of amides is 2. The quantitative estimate of drug-likeness (QED) is 0.117. The van der Waals surface area contributed by atoms with Gasteiger partial charge in [-0.15, -0.1) is 0 Å². The topological polar surface area (TPSA) is 237 Å². The summed E-state index contributed by atoms with van der Waals surface area (Å²) in [4.78, 5) is 59.8. The molecule has 2 aliphatic rings. The number of rotatable bonds is 8. The average molecular weight is 871 g/mol. The molecular weight excluding hydrogens is 825 g/mol. The van der Waals surface area contributed by atoms with Crippen LogP contribution in [-0.2, 0) is 6.54 Å². The van der Waals surface area contributed by atoms with Crippen LogP contribution in [0.5, 0.6) is 11.5 Å². The molecule has 2 atom stereocenters. The molecule has 328 valence electrons. The summed E-state index contributed by atoms with van der Waals surface area (Å²) in [5.41, 5.74) is 17.7. The van der Waals surface area contributed by atoms with Gasteiger partial charge in [0.15, 0.2) is 23.0 Å². The fourth-order valence-corrected chi connectivity index (χ4v) is 7.71. The lowest BCUT2D eigenvalue weighted by molar-refractivity contribution is 0.101. The predicted octanol–water partition coefficient (Wildman–Crippen LogP) is 5.06. The second kappa shape index (κ2) is 19.0. The second-order valence-electron chi connectivity index (χ2n) is 15.4. The Kier molecular flexibility index (Phi) is 12.3. The van der Waals surface area contributed by atoms with E-state index in [-0.39, 0.29) is 42.8 Å². The van der Waals surface area contributed by atoms with E-state index in [1.54, 1.807) is 37.1 Å². The van der Waals surface area contributed by atoms with Crippen LogP contribution in [0.25, 0.3) is 22.5 Å². The van der Waals surface area contributed by atoms with Gasteiger partial charge < -0.3 is 52.0 Å². The van der Waals surface area contributed by atoms with E-state index in [1.807, 2.05) is 89.6 Å². The summed E-state index contributed by atoms with van der Waals surface area (Å²) in [6.07, 6.45) is 8.61. The first-order valence-electron chi connectivity index (χ1n) is 21.0. The minimum Gasteiger partial charge on any atom is -0.487 e. The fourth-order valence-electron chi connectivity index (χ4n) is 7.71. The number of para-hydroxylation sites is 2. The Morgan fingerprint density at radius 1 is 0.708 bits per heavy atom. The van der Waals surface area contributed by atoms with Gasteiger partial charge >= 0.3 is 0 Å². The molecule has 4 bridgehead atoms. The normalized spacial score (nSPS) is 16.0. The summed E-state index contributed by atoms with van der Waals surface area (Å²) in [6, 6.07) is 28.5. The third-order valence-corrected chi connectivity index (χ3v) is 10.9. The third kappa shape index (κ3) is 9.43. The van der Waals surface area contributed by atoms with Gasteiger partial charge in [-0.2, -0.15) is 0 Å². The number of nitrogens with zero attached hydrogens (tertiary/aromatic N) is 8. The van der Waals surface area contributed by atoms with E-state index in [4.69, 9.17) is 30.9 Å². The van der Waals surface area contributed by atoms with E-state index in [1.165, 1.54) is 6.20 Å². The lowest BCUT2D eigenvalue weighted by atomic mass is 10.1. The number of aromatic nitrogens is 6. The molecule has 4 aromatic heterocycles. The number of nitrogen functional groups attached to an aromatic ring is 1. The maximum Gasteiger partial charge on any atom is 0.278 e. The molecule has 7 aromatic rings. The fraction of sp³-hybridized carbons (Fsp3) is 0.191. The van der Waals surface area contributed by atoms with Crippen LogP contribution in [0.4, 0.5) is 34.4 Å². The van der Waals surface area contributed by atoms with Crippen LogP contribution in [0.1, 0.15) is 26.5 Å². The SMILES string of the molecule is CN1C[C@@H](CN)Oc2ccccc2-c2cnc(NCN3C[C@@H](CNCc4ccccc4)Oc4ccccc4-c4cnc(N)c(n4)C(=O)Nc4cnccc43)c(n2)C(=O)Nc2cnccc21. The summed E-state index contributed by atoms with van der Waals surface area (Å²) in [5.74, 6) is 0.108. The Morgan fingerprint density at radius 3 is 2.02 bits per heavy atom. The van der Waals surface area contributed by atoms with E-state index in [2.05, 4.69) is 53.3 Å². The van der Waals surface area contributed by atoms with Crippen molar-refractivity contribution in [3.63, 3.8) is 0 Å². The Balaban J connectivity index is 1.11. The molecule has 0 unspecified atom stereocenters. The summed E-state index contributed by atoms with van der Waals surface area (Å²) >= 11 is 0. The zero-order valence-corrected chi connectivity index (χ0v) is 35.4. The molecule has 18 nitrogen and oxygen atoms in total. The van der Waals surface area contributed by atoms with Crippen molar-refractivity contribution in [3.8, 4) is 34.0 Å². The number of likely N-dealkylation sites (N-methyl/N-ethyl adjacent to an activating group) is 1. The van der Waals surface area contributed by atoms with Gasteiger partial charge in [-0.1, -0.05) is 54.6 Å². The number of fused-ring (bicyclic) bond motifs is 10. The highest BCUT2D eigenvalue weighted by Gasteiger charge is 2.27.